The lowest BCUT2D eigenvalue weighted by molar-refractivity contribution is -0.131. The Bertz CT molecular complexity index is 520. The molecule has 17 heavy (non-hydrogen) atoms. The molecular formula is C11H14N4O2. The molecule has 1 aromatic heterocycles. The smallest absolute Gasteiger partial charge is 0.328 e. The molecule has 0 atom stereocenters. The minimum atomic E-state index is -1.01. The van der Waals surface area contributed by atoms with Crippen LogP contribution in [0.4, 0.5) is 0 Å². The molecule has 90 valence electrons. The van der Waals surface area contributed by atoms with E-state index in [1.165, 1.54) is 6.08 Å². The van der Waals surface area contributed by atoms with E-state index < -0.39 is 5.97 Å². The van der Waals surface area contributed by atoms with Crippen molar-refractivity contribution in [2.45, 2.75) is 27.2 Å². The molecule has 0 unspecified atom stereocenters. The van der Waals surface area contributed by atoms with Crippen molar-refractivity contribution in [2.24, 2.45) is 10.5 Å². The third kappa shape index (κ3) is 2.25. The second-order valence-corrected chi connectivity index (χ2v) is 4.93. The summed E-state index contributed by atoms with van der Waals surface area (Å²) in [7, 11) is 0. The van der Waals surface area contributed by atoms with Gasteiger partial charge in [0.25, 0.3) is 0 Å². The number of fused-ring (bicyclic) bond motifs is 1. The van der Waals surface area contributed by atoms with Gasteiger partial charge in [-0.1, -0.05) is 20.8 Å². The molecule has 6 heteroatoms. The van der Waals surface area contributed by atoms with Crippen LogP contribution in [0.1, 0.15) is 32.4 Å². The summed E-state index contributed by atoms with van der Waals surface area (Å²) in [4.78, 5) is 10.4. The number of rotatable bonds is 2. The molecule has 1 N–H and O–H groups in total. The van der Waals surface area contributed by atoms with Crippen LogP contribution in [0.25, 0.3) is 6.08 Å². The zero-order valence-corrected chi connectivity index (χ0v) is 10.0. The fraction of sp³-hybridized carbons (Fsp3) is 0.455. The fourth-order valence-electron chi connectivity index (χ4n) is 1.52. The molecular weight excluding hydrogens is 220 g/mol. The second kappa shape index (κ2) is 3.80. The number of aromatic nitrogens is 3. The molecule has 0 aliphatic carbocycles. The van der Waals surface area contributed by atoms with Gasteiger partial charge in [-0.2, -0.15) is 9.78 Å². The molecule has 2 heterocycles. The first kappa shape index (κ1) is 11.5. The molecule has 0 saturated carbocycles. The normalized spacial score (nSPS) is 15.1. The quantitative estimate of drug-likeness (QED) is 0.779. The Morgan fingerprint density at radius 2 is 2.12 bits per heavy atom. The monoisotopic (exact) mass is 234 g/mol. The van der Waals surface area contributed by atoms with E-state index in [1.54, 1.807) is 4.68 Å². The number of hydrogen-bond acceptors (Lipinski definition) is 4. The molecule has 0 spiro atoms. The maximum atomic E-state index is 10.4. The van der Waals surface area contributed by atoms with Gasteiger partial charge >= 0.3 is 5.97 Å². The first-order valence-electron chi connectivity index (χ1n) is 5.31. The number of aliphatic carboxylic acids is 1. The van der Waals surface area contributed by atoms with Gasteiger partial charge in [-0.25, -0.2) is 4.79 Å². The van der Waals surface area contributed by atoms with Gasteiger partial charge in [0.2, 0.25) is 0 Å². The number of nitrogens with zero attached hydrogens (tertiary/aromatic N) is 4. The van der Waals surface area contributed by atoms with E-state index in [-0.39, 0.29) is 5.41 Å². The second-order valence-electron chi connectivity index (χ2n) is 4.93. The van der Waals surface area contributed by atoms with Crippen LogP contribution in [0.3, 0.4) is 0 Å². The average molecular weight is 234 g/mol. The third-order valence-corrected chi connectivity index (χ3v) is 2.52. The highest BCUT2D eigenvalue weighted by Crippen LogP contribution is 2.24. The minimum absolute atomic E-state index is 0.0194. The summed E-state index contributed by atoms with van der Waals surface area (Å²) >= 11 is 0. The Balaban J connectivity index is 2.32. The standard InChI is InChI=1S/C11H14N4O2/c1-11(2,3)7-6-9-13-12-8(15(9)14-7)4-5-10(16)17/h4-5H,6H2,1-3H3,(H,16,17)/b5-4+. The summed E-state index contributed by atoms with van der Waals surface area (Å²) in [6.07, 6.45) is 3.09. The topological polar surface area (TPSA) is 80.4 Å². The maximum Gasteiger partial charge on any atom is 0.328 e. The molecule has 0 amide bonds. The SMILES string of the molecule is CC(C)(C)C1=Nn2c(/C=C/C(=O)O)nnc2C1. The summed E-state index contributed by atoms with van der Waals surface area (Å²) in [5.74, 6) is 0.182. The predicted molar refractivity (Wildman–Crippen MR) is 62.7 cm³/mol. The van der Waals surface area contributed by atoms with E-state index >= 15 is 0 Å². The van der Waals surface area contributed by atoms with Gasteiger partial charge in [0.15, 0.2) is 11.6 Å². The molecule has 0 bridgehead atoms. The van der Waals surface area contributed by atoms with Gasteiger partial charge in [0.1, 0.15) is 0 Å². The average Bonchev–Trinajstić information content (AvgIpc) is 2.72. The molecule has 1 aliphatic rings. The Morgan fingerprint density at radius 3 is 2.71 bits per heavy atom. The molecule has 1 aromatic rings. The van der Waals surface area contributed by atoms with Crippen LogP contribution in [0.2, 0.25) is 0 Å². The molecule has 0 fully saturated rings. The van der Waals surface area contributed by atoms with Crippen LogP contribution >= 0.6 is 0 Å². The van der Waals surface area contributed by atoms with Gasteiger partial charge < -0.3 is 5.11 Å². The lowest BCUT2D eigenvalue weighted by atomic mass is 9.88. The highest BCUT2D eigenvalue weighted by Gasteiger charge is 2.27. The largest absolute Gasteiger partial charge is 0.478 e. The number of carboxylic acid groups (broad SMARTS) is 1. The van der Waals surface area contributed by atoms with Crippen molar-refractivity contribution >= 4 is 17.8 Å². The van der Waals surface area contributed by atoms with E-state index in [0.29, 0.717) is 12.2 Å². The van der Waals surface area contributed by atoms with E-state index in [9.17, 15) is 4.79 Å². The Hall–Kier alpha value is -1.98. The highest BCUT2D eigenvalue weighted by atomic mass is 16.4. The molecule has 1 aliphatic heterocycles. The van der Waals surface area contributed by atoms with Crippen molar-refractivity contribution in [1.29, 1.82) is 0 Å². The number of carbonyl (C=O) groups is 1. The van der Waals surface area contributed by atoms with E-state index in [0.717, 1.165) is 17.6 Å². The van der Waals surface area contributed by atoms with Gasteiger partial charge in [-0.05, 0) is 6.08 Å². The zero-order chi connectivity index (χ0) is 12.6. The fourth-order valence-corrected chi connectivity index (χ4v) is 1.52. The van der Waals surface area contributed by atoms with Crippen molar-refractivity contribution < 1.29 is 9.90 Å². The summed E-state index contributed by atoms with van der Waals surface area (Å²) in [6, 6.07) is 0. The van der Waals surface area contributed by atoms with Crippen LogP contribution in [0.15, 0.2) is 11.2 Å². The summed E-state index contributed by atoms with van der Waals surface area (Å²) in [5.41, 5.74) is 1.00. The highest BCUT2D eigenvalue weighted by molar-refractivity contribution is 5.92. The van der Waals surface area contributed by atoms with E-state index in [4.69, 9.17) is 5.11 Å². The van der Waals surface area contributed by atoms with Crippen LogP contribution in [-0.2, 0) is 11.2 Å². The van der Waals surface area contributed by atoms with Crippen molar-refractivity contribution in [3.63, 3.8) is 0 Å². The van der Waals surface area contributed by atoms with Crippen molar-refractivity contribution in [1.82, 2.24) is 14.9 Å². The molecule has 0 saturated heterocycles. The first-order chi connectivity index (χ1) is 7.88. The Morgan fingerprint density at radius 1 is 1.41 bits per heavy atom. The maximum absolute atomic E-state index is 10.4. The van der Waals surface area contributed by atoms with Gasteiger partial charge in [-0.3, -0.25) is 0 Å². The molecule has 0 aromatic carbocycles. The lowest BCUT2D eigenvalue weighted by Gasteiger charge is -2.16. The zero-order valence-electron chi connectivity index (χ0n) is 10.0. The summed E-state index contributed by atoms with van der Waals surface area (Å²) < 4.78 is 1.60. The number of carboxylic acids is 1. The van der Waals surface area contributed by atoms with Crippen LogP contribution in [-0.4, -0.2) is 31.7 Å². The van der Waals surface area contributed by atoms with Crippen LogP contribution < -0.4 is 0 Å². The Kier molecular flexibility index (Phi) is 2.57. The van der Waals surface area contributed by atoms with Crippen molar-refractivity contribution in [3.8, 4) is 0 Å². The lowest BCUT2D eigenvalue weighted by Crippen LogP contribution is -2.20. The number of hydrogen-bond donors (Lipinski definition) is 1. The molecule has 2 rings (SSSR count). The van der Waals surface area contributed by atoms with Crippen molar-refractivity contribution in [3.05, 3.63) is 17.7 Å². The molecule has 0 radical (unpaired) electrons. The van der Waals surface area contributed by atoms with Gasteiger partial charge in [0.05, 0.1) is 12.1 Å². The van der Waals surface area contributed by atoms with Gasteiger partial charge in [-0.15, -0.1) is 10.2 Å². The summed E-state index contributed by atoms with van der Waals surface area (Å²) in [5, 5.41) is 20.9. The van der Waals surface area contributed by atoms with Crippen molar-refractivity contribution in [2.75, 3.05) is 0 Å². The van der Waals surface area contributed by atoms with E-state index in [1.807, 2.05) is 0 Å². The van der Waals surface area contributed by atoms with Crippen LogP contribution in [0.5, 0.6) is 0 Å². The Labute approximate surface area is 98.7 Å². The molecule has 6 nitrogen and oxygen atoms in total. The van der Waals surface area contributed by atoms with E-state index in [2.05, 4.69) is 36.1 Å². The minimum Gasteiger partial charge on any atom is -0.478 e. The first-order valence-corrected chi connectivity index (χ1v) is 5.31. The predicted octanol–water partition coefficient (Wildman–Crippen LogP) is 1.18. The van der Waals surface area contributed by atoms with Crippen LogP contribution in [0, 0.1) is 5.41 Å². The third-order valence-electron chi connectivity index (χ3n) is 2.52. The van der Waals surface area contributed by atoms with Gasteiger partial charge in [0, 0.05) is 11.5 Å². The summed E-state index contributed by atoms with van der Waals surface area (Å²) in [6.45, 7) is 6.25.